The van der Waals surface area contributed by atoms with Crippen LogP contribution in [0.3, 0.4) is 0 Å². The molecule has 202 valence electrons. The number of sulfonamides is 2. The number of ether oxygens (including phenoxy) is 2. The van der Waals surface area contributed by atoms with E-state index < -0.39 is 20.0 Å². The standard InChI is InChI=1S/C24H38N4O6S2/c1-27(17-19-33-23-11-7-21(8-12-23)25-35(3,29)30)15-5-6-16-28(2)18-20-34-24-13-9-22(10-14-24)26-36(4,31)32/h7-14,25-26H,5-6,15-20H2,1-4H3. The molecule has 2 aromatic rings. The highest BCUT2D eigenvalue weighted by atomic mass is 32.2. The summed E-state index contributed by atoms with van der Waals surface area (Å²) in [6, 6.07) is 13.7. The van der Waals surface area contributed by atoms with Gasteiger partial charge in [-0.25, -0.2) is 16.8 Å². The lowest BCUT2D eigenvalue weighted by atomic mass is 10.3. The smallest absolute Gasteiger partial charge is 0.229 e. The van der Waals surface area contributed by atoms with Crippen LogP contribution in [0.1, 0.15) is 12.8 Å². The molecule has 0 spiro atoms. The van der Waals surface area contributed by atoms with Crippen molar-refractivity contribution in [1.82, 2.24) is 9.80 Å². The molecule has 0 aromatic heterocycles. The van der Waals surface area contributed by atoms with Crippen molar-refractivity contribution in [2.75, 3.05) is 75.4 Å². The van der Waals surface area contributed by atoms with Crippen LogP contribution in [0.15, 0.2) is 48.5 Å². The number of rotatable bonds is 17. The summed E-state index contributed by atoms with van der Waals surface area (Å²) in [6.45, 7) is 4.64. The van der Waals surface area contributed by atoms with Crippen molar-refractivity contribution in [1.29, 1.82) is 0 Å². The van der Waals surface area contributed by atoms with Crippen LogP contribution in [-0.2, 0) is 20.0 Å². The van der Waals surface area contributed by atoms with Crippen molar-refractivity contribution in [3.8, 4) is 11.5 Å². The zero-order chi connectivity index (χ0) is 26.6. The first-order valence-electron chi connectivity index (χ1n) is 11.7. The van der Waals surface area contributed by atoms with Crippen LogP contribution in [0.25, 0.3) is 0 Å². The largest absolute Gasteiger partial charge is 0.492 e. The highest BCUT2D eigenvalue weighted by molar-refractivity contribution is 7.92. The molecule has 0 amide bonds. The fraction of sp³-hybridized carbons (Fsp3) is 0.500. The van der Waals surface area contributed by atoms with Gasteiger partial charge in [0, 0.05) is 24.5 Å². The molecule has 0 radical (unpaired) electrons. The minimum absolute atomic E-state index is 0.511. The monoisotopic (exact) mass is 542 g/mol. The van der Waals surface area contributed by atoms with Gasteiger partial charge in [0.1, 0.15) is 24.7 Å². The molecule has 0 saturated carbocycles. The van der Waals surface area contributed by atoms with Crippen LogP contribution >= 0.6 is 0 Å². The van der Waals surface area contributed by atoms with Gasteiger partial charge < -0.3 is 19.3 Å². The maximum absolute atomic E-state index is 11.2. The minimum atomic E-state index is -3.28. The average Bonchev–Trinajstić information content (AvgIpc) is 2.77. The molecule has 2 N–H and O–H groups in total. The lowest BCUT2D eigenvalue weighted by Gasteiger charge is -2.19. The summed E-state index contributed by atoms with van der Waals surface area (Å²) in [5, 5.41) is 0. The quantitative estimate of drug-likeness (QED) is 0.293. The highest BCUT2D eigenvalue weighted by Gasteiger charge is 2.05. The predicted molar refractivity (Wildman–Crippen MR) is 145 cm³/mol. The Morgan fingerprint density at radius 3 is 1.25 bits per heavy atom. The molecule has 0 bridgehead atoms. The molecule has 0 fully saturated rings. The number of benzene rings is 2. The van der Waals surface area contributed by atoms with Crippen molar-refractivity contribution in [2.45, 2.75) is 12.8 Å². The van der Waals surface area contributed by atoms with Crippen LogP contribution in [0.2, 0.25) is 0 Å². The Bertz CT molecular complexity index is 1030. The molecule has 0 atom stereocenters. The van der Waals surface area contributed by atoms with Gasteiger partial charge in [0.05, 0.1) is 12.5 Å². The van der Waals surface area contributed by atoms with Gasteiger partial charge in [0.15, 0.2) is 0 Å². The maximum Gasteiger partial charge on any atom is 0.229 e. The van der Waals surface area contributed by atoms with Crippen molar-refractivity contribution in [3.05, 3.63) is 48.5 Å². The van der Waals surface area contributed by atoms with Crippen molar-refractivity contribution < 1.29 is 26.3 Å². The zero-order valence-corrected chi connectivity index (χ0v) is 23.1. The summed E-state index contributed by atoms with van der Waals surface area (Å²) >= 11 is 0. The number of nitrogens with zero attached hydrogens (tertiary/aromatic N) is 2. The molecule has 0 aliphatic heterocycles. The summed E-state index contributed by atoms with van der Waals surface area (Å²) in [5.41, 5.74) is 1.02. The second-order valence-electron chi connectivity index (χ2n) is 8.81. The molecular weight excluding hydrogens is 504 g/mol. The maximum atomic E-state index is 11.2. The number of hydrogen-bond acceptors (Lipinski definition) is 8. The molecular formula is C24H38N4O6S2. The van der Waals surface area contributed by atoms with E-state index in [1.165, 1.54) is 0 Å². The van der Waals surface area contributed by atoms with Crippen LogP contribution in [-0.4, -0.2) is 92.6 Å². The second-order valence-corrected chi connectivity index (χ2v) is 12.3. The lowest BCUT2D eigenvalue weighted by Crippen LogP contribution is -2.28. The van der Waals surface area contributed by atoms with E-state index >= 15 is 0 Å². The Balaban J connectivity index is 1.53. The van der Waals surface area contributed by atoms with Gasteiger partial charge in [0.25, 0.3) is 0 Å². The SMILES string of the molecule is CN(CCCCN(C)CCOc1ccc(NS(C)(=O)=O)cc1)CCOc1ccc(NS(C)(=O)=O)cc1. The molecule has 2 rings (SSSR count). The van der Waals surface area contributed by atoms with E-state index in [0.717, 1.165) is 51.5 Å². The third-order valence-corrected chi connectivity index (χ3v) is 6.34. The number of unbranched alkanes of at least 4 members (excludes halogenated alkanes) is 1. The topological polar surface area (TPSA) is 117 Å². The molecule has 10 nitrogen and oxygen atoms in total. The second kappa shape index (κ2) is 14.3. The third-order valence-electron chi connectivity index (χ3n) is 5.13. The van der Waals surface area contributed by atoms with Gasteiger partial charge in [-0.1, -0.05) is 0 Å². The van der Waals surface area contributed by atoms with Gasteiger partial charge in [0.2, 0.25) is 20.0 Å². The fourth-order valence-corrected chi connectivity index (χ4v) is 4.42. The molecule has 12 heteroatoms. The molecule has 0 unspecified atom stereocenters. The van der Waals surface area contributed by atoms with Crippen molar-refractivity contribution in [3.63, 3.8) is 0 Å². The number of likely N-dealkylation sites (N-methyl/N-ethyl adjacent to an activating group) is 2. The predicted octanol–water partition coefficient (Wildman–Crippen LogP) is 2.53. The summed E-state index contributed by atoms with van der Waals surface area (Å²) in [7, 11) is -2.43. The average molecular weight is 543 g/mol. The van der Waals surface area contributed by atoms with Crippen LogP contribution < -0.4 is 18.9 Å². The first kappa shape index (κ1) is 29.7. The van der Waals surface area contributed by atoms with E-state index in [2.05, 4.69) is 33.3 Å². The minimum Gasteiger partial charge on any atom is -0.492 e. The number of anilines is 2. The summed E-state index contributed by atoms with van der Waals surface area (Å²) in [5.74, 6) is 1.40. The van der Waals surface area contributed by atoms with E-state index in [-0.39, 0.29) is 0 Å². The van der Waals surface area contributed by atoms with Crippen LogP contribution in [0, 0.1) is 0 Å². The molecule has 2 aromatic carbocycles. The van der Waals surface area contributed by atoms with Crippen LogP contribution in [0.4, 0.5) is 11.4 Å². The van der Waals surface area contributed by atoms with Gasteiger partial charge in [-0.2, -0.15) is 0 Å². The van der Waals surface area contributed by atoms with E-state index in [4.69, 9.17) is 9.47 Å². The van der Waals surface area contributed by atoms with E-state index in [1.807, 2.05) is 0 Å². The Labute approximate surface area is 215 Å². The Morgan fingerprint density at radius 2 is 0.944 bits per heavy atom. The lowest BCUT2D eigenvalue weighted by molar-refractivity contribution is 0.220. The normalized spacial score (nSPS) is 12.1. The highest BCUT2D eigenvalue weighted by Crippen LogP contribution is 2.17. The van der Waals surface area contributed by atoms with Gasteiger partial charge in [-0.3, -0.25) is 9.44 Å². The van der Waals surface area contributed by atoms with Crippen LogP contribution in [0.5, 0.6) is 11.5 Å². The molecule has 0 heterocycles. The number of nitrogens with one attached hydrogen (secondary N) is 2. The van der Waals surface area contributed by atoms with Gasteiger partial charge in [-0.05, 0) is 88.6 Å². The van der Waals surface area contributed by atoms with E-state index in [0.29, 0.717) is 36.1 Å². The first-order valence-corrected chi connectivity index (χ1v) is 15.5. The fourth-order valence-electron chi connectivity index (χ4n) is 3.29. The van der Waals surface area contributed by atoms with Gasteiger partial charge >= 0.3 is 0 Å². The molecule has 36 heavy (non-hydrogen) atoms. The van der Waals surface area contributed by atoms with E-state index in [1.54, 1.807) is 48.5 Å². The Kier molecular flexibility index (Phi) is 11.8. The van der Waals surface area contributed by atoms with Crippen molar-refractivity contribution in [2.24, 2.45) is 0 Å². The molecule has 0 aliphatic carbocycles. The first-order chi connectivity index (χ1) is 16.9. The summed E-state index contributed by atoms with van der Waals surface area (Å²) < 4.78 is 61.3. The number of hydrogen-bond donors (Lipinski definition) is 2. The Morgan fingerprint density at radius 1 is 0.611 bits per heavy atom. The third kappa shape index (κ3) is 13.5. The van der Waals surface area contributed by atoms with Crippen molar-refractivity contribution >= 4 is 31.4 Å². The Hall–Kier alpha value is -2.54. The van der Waals surface area contributed by atoms with E-state index in [9.17, 15) is 16.8 Å². The summed E-state index contributed by atoms with van der Waals surface area (Å²) in [4.78, 5) is 4.45. The van der Waals surface area contributed by atoms with Gasteiger partial charge in [-0.15, -0.1) is 0 Å². The molecule has 0 aliphatic rings. The summed E-state index contributed by atoms with van der Waals surface area (Å²) in [6.07, 6.45) is 4.38. The molecule has 0 saturated heterocycles. The zero-order valence-electron chi connectivity index (χ0n) is 21.4.